The highest BCUT2D eigenvalue weighted by Gasteiger charge is 2.26. The number of fused-ring (bicyclic) bond motifs is 1. The highest BCUT2D eigenvalue weighted by atomic mass is 19.1. The van der Waals surface area contributed by atoms with Crippen molar-refractivity contribution in [1.82, 2.24) is 4.90 Å². The second-order valence-electron chi connectivity index (χ2n) is 4.41. The van der Waals surface area contributed by atoms with Gasteiger partial charge in [0.05, 0.1) is 12.1 Å². The summed E-state index contributed by atoms with van der Waals surface area (Å²) in [5.74, 6) is -2.10. The minimum Gasteiger partial charge on any atom is -0.478 e. The molecule has 0 saturated carbocycles. The van der Waals surface area contributed by atoms with E-state index in [0.29, 0.717) is 13.0 Å². The summed E-state index contributed by atoms with van der Waals surface area (Å²) in [6, 6.07) is 2.84. The van der Waals surface area contributed by atoms with E-state index >= 15 is 0 Å². The maximum atomic E-state index is 14.1. The summed E-state index contributed by atoms with van der Waals surface area (Å²) in [6.45, 7) is 3.94. The number of carbonyl (C=O) groups is 2. The van der Waals surface area contributed by atoms with E-state index in [2.05, 4.69) is 6.58 Å². The fourth-order valence-electron chi connectivity index (χ4n) is 2.13. The smallest absolute Gasteiger partial charge is 0.410 e. The number of carboxylic acids is 1. The third-order valence-corrected chi connectivity index (χ3v) is 3.15. The normalized spacial score (nSPS) is 13.6. The molecule has 1 aliphatic rings. The van der Waals surface area contributed by atoms with Crippen LogP contribution >= 0.6 is 0 Å². The van der Waals surface area contributed by atoms with Crippen molar-refractivity contribution in [2.75, 3.05) is 13.2 Å². The van der Waals surface area contributed by atoms with Gasteiger partial charge in [-0.1, -0.05) is 18.7 Å². The number of carbonyl (C=O) groups excluding carboxylic acids is 1. The van der Waals surface area contributed by atoms with E-state index in [1.165, 1.54) is 17.0 Å². The van der Waals surface area contributed by atoms with Crippen LogP contribution in [0.25, 0.3) is 0 Å². The van der Waals surface area contributed by atoms with Crippen molar-refractivity contribution in [2.45, 2.75) is 13.0 Å². The average Bonchev–Trinajstić information content (AvgIpc) is 2.44. The number of nitrogens with zero attached hydrogens (tertiary/aromatic N) is 1. The predicted molar refractivity (Wildman–Crippen MR) is 69.0 cm³/mol. The number of aromatic carboxylic acids is 1. The average molecular weight is 279 g/mol. The van der Waals surface area contributed by atoms with Crippen LogP contribution < -0.4 is 0 Å². The Morgan fingerprint density at radius 2 is 2.25 bits per heavy atom. The van der Waals surface area contributed by atoms with Crippen LogP contribution in [0.4, 0.5) is 9.18 Å². The molecule has 1 amide bonds. The predicted octanol–water partition coefficient (Wildman–Crippen LogP) is 2.20. The molecule has 1 N–H and O–H groups in total. The first-order valence-electron chi connectivity index (χ1n) is 6.10. The summed E-state index contributed by atoms with van der Waals surface area (Å²) in [5.41, 5.74) is 0.581. The van der Waals surface area contributed by atoms with Crippen molar-refractivity contribution >= 4 is 12.1 Å². The molecule has 1 aromatic carbocycles. The lowest BCUT2D eigenvalue weighted by Crippen LogP contribution is -2.37. The number of hydrogen-bond acceptors (Lipinski definition) is 3. The zero-order valence-electron chi connectivity index (χ0n) is 10.8. The van der Waals surface area contributed by atoms with Crippen LogP contribution in [0.1, 0.15) is 21.5 Å². The molecule has 0 radical (unpaired) electrons. The number of amides is 1. The van der Waals surface area contributed by atoms with Crippen LogP contribution in [0.3, 0.4) is 0 Å². The van der Waals surface area contributed by atoms with E-state index < -0.39 is 17.9 Å². The van der Waals surface area contributed by atoms with Gasteiger partial charge in [-0.05, 0) is 18.1 Å². The van der Waals surface area contributed by atoms with Crippen molar-refractivity contribution in [3.05, 3.63) is 47.3 Å². The Kier molecular flexibility index (Phi) is 4.02. The van der Waals surface area contributed by atoms with Gasteiger partial charge in [0.15, 0.2) is 0 Å². The Hall–Kier alpha value is -2.37. The molecule has 0 bridgehead atoms. The van der Waals surface area contributed by atoms with Gasteiger partial charge in [0.2, 0.25) is 0 Å². The SMILES string of the molecule is C=CCOC(=O)N1CCc2ccc(C(=O)O)c(F)c2C1. The second kappa shape index (κ2) is 5.73. The zero-order valence-corrected chi connectivity index (χ0v) is 10.8. The number of benzene rings is 1. The third-order valence-electron chi connectivity index (χ3n) is 3.15. The molecule has 5 nitrogen and oxygen atoms in total. The summed E-state index contributed by atoms with van der Waals surface area (Å²) in [5, 5.41) is 8.90. The van der Waals surface area contributed by atoms with Crippen molar-refractivity contribution < 1.29 is 23.8 Å². The highest BCUT2D eigenvalue weighted by molar-refractivity contribution is 5.88. The first-order chi connectivity index (χ1) is 9.54. The molecule has 0 saturated heterocycles. The van der Waals surface area contributed by atoms with Gasteiger partial charge in [-0.25, -0.2) is 14.0 Å². The largest absolute Gasteiger partial charge is 0.478 e. The lowest BCUT2D eigenvalue weighted by molar-refractivity contribution is 0.0691. The van der Waals surface area contributed by atoms with Crippen molar-refractivity contribution in [3.8, 4) is 0 Å². The standard InChI is InChI=1S/C14H14FNO4/c1-2-7-20-14(19)16-6-5-9-3-4-10(13(17)18)12(15)11(9)8-16/h2-4H,1,5-8H2,(H,17,18). The Bertz CT molecular complexity index is 571. The second-order valence-corrected chi connectivity index (χ2v) is 4.41. The Morgan fingerprint density at radius 1 is 1.50 bits per heavy atom. The molecule has 0 aliphatic carbocycles. The van der Waals surface area contributed by atoms with Crippen LogP contribution in [0.5, 0.6) is 0 Å². The van der Waals surface area contributed by atoms with Gasteiger partial charge < -0.3 is 14.7 Å². The molecular formula is C14H14FNO4. The minimum atomic E-state index is -1.32. The number of ether oxygens (including phenoxy) is 1. The maximum Gasteiger partial charge on any atom is 0.410 e. The van der Waals surface area contributed by atoms with Gasteiger partial charge in [-0.2, -0.15) is 0 Å². The highest BCUT2D eigenvalue weighted by Crippen LogP contribution is 2.24. The van der Waals surface area contributed by atoms with E-state index in [1.54, 1.807) is 6.07 Å². The zero-order chi connectivity index (χ0) is 14.7. The van der Waals surface area contributed by atoms with E-state index in [-0.39, 0.29) is 24.3 Å². The van der Waals surface area contributed by atoms with Gasteiger partial charge in [0.1, 0.15) is 12.4 Å². The monoisotopic (exact) mass is 279 g/mol. The van der Waals surface area contributed by atoms with Crippen LogP contribution in [-0.2, 0) is 17.7 Å². The number of halogens is 1. The summed E-state index contributed by atoms with van der Waals surface area (Å²) in [7, 11) is 0. The van der Waals surface area contributed by atoms with E-state index in [4.69, 9.17) is 9.84 Å². The topological polar surface area (TPSA) is 66.8 Å². The lowest BCUT2D eigenvalue weighted by Gasteiger charge is -2.28. The lowest BCUT2D eigenvalue weighted by atomic mass is 9.96. The van der Waals surface area contributed by atoms with Gasteiger partial charge in [0, 0.05) is 12.1 Å². The fraction of sp³-hybridized carbons (Fsp3) is 0.286. The summed E-state index contributed by atoms with van der Waals surface area (Å²) >= 11 is 0. The maximum absolute atomic E-state index is 14.1. The molecular weight excluding hydrogens is 265 g/mol. The molecule has 0 fully saturated rings. The Morgan fingerprint density at radius 3 is 2.90 bits per heavy atom. The number of carboxylic acid groups (broad SMARTS) is 1. The van der Waals surface area contributed by atoms with Gasteiger partial charge in [-0.3, -0.25) is 0 Å². The molecule has 2 rings (SSSR count). The number of rotatable bonds is 3. The molecule has 0 spiro atoms. The summed E-state index contributed by atoms with van der Waals surface area (Å²) < 4.78 is 19.0. The first-order valence-corrected chi connectivity index (χ1v) is 6.10. The van der Waals surface area contributed by atoms with E-state index in [1.807, 2.05) is 0 Å². The van der Waals surface area contributed by atoms with Gasteiger partial charge in [-0.15, -0.1) is 0 Å². The first kappa shape index (κ1) is 14.0. The molecule has 6 heteroatoms. The summed E-state index contributed by atoms with van der Waals surface area (Å²) in [4.78, 5) is 24.0. The van der Waals surface area contributed by atoms with Gasteiger partial charge in [0.25, 0.3) is 0 Å². The van der Waals surface area contributed by atoms with Crippen LogP contribution in [0, 0.1) is 5.82 Å². The van der Waals surface area contributed by atoms with Crippen molar-refractivity contribution in [1.29, 1.82) is 0 Å². The molecule has 1 aromatic rings. The molecule has 0 aromatic heterocycles. The molecule has 106 valence electrons. The van der Waals surface area contributed by atoms with Crippen LogP contribution in [0.15, 0.2) is 24.8 Å². The number of hydrogen-bond donors (Lipinski definition) is 1. The van der Waals surface area contributed by atoms with Gasteiger partial charge >= 0.3 is 12.1 Å². The van der Waals surface area contributed by atoms with Crippen molar-refractivity contribution in [2.24, 2.45) is 0 Å². The fourth-order valence-corrected chi connectivity index (χ4v) is 2.13. The molecule has 20 heavy (non-hydrogen) atoms. The summed E-state index contributed by atoms with van der Waals surface area (Å²) in [6.07, 6.45) is 1.35. The van der Waals surface area contributed by atoms with Crippen LogP contribution in [0.2, 0.25) is 0 Å². The molecule has 0 unspecified atom stereocenters. The Balaban J connectivity index is 2.24. The molecule has 1 aliphatic heterocycles. The molecule has 0 atom stereocenters. The minimum absolute atomic E-state index is 0.0122. The third kappa shape index (κ3) is 2.64. The molecule has 1 heterocycles. The quantitative estimate of drug-likeness (QED) is 0.861. The van der Waals surface area contributed by atoms with Crippen molar-refractivity contribution in [3.63, 3.8) is 0 Å². The Labute approximate surface area is 115 Å². The van der Waals surface area contributed by atoms with E-state index in [9.17, 15) is 14.0 Å². The van der Waals surface area contributed by atoms with E-state index in [0.717, 1.165) is 5.56 Å². The van der Waals surface area contributed by atoms with Crippen LogP contribution in [-0.4, -0.2) is 35.2 Å².